The molecule has 0 amide bonds. The Balaban J connectivity index is 1.51. The highest BCUT2D eigenvalue weighted by Gasteiger charge is 2.27. The fourth-order valence-corrected chi connectivity index (χ4v) is 2.93. The summed E-state index contributed by atoms with van der Waals surface area (Å²) in [5, 5.41) is 3.97. The minimum Gasteiger partial charge on any atom is -0.444 e. The van der Waals surface area contributed by atoms with Gasteiger partial charge in [-0.2, -0.15) is 4.98 Å². The van der Waals surface area contributed by atoms with Crippen molar-refractivity contribution in [3.05, 3.63) is 29.6 Å². The number of hydrogen-bond acceptors (Lipinski definition) is 7. The van der Waals surface area contributed by atoms with Gasteiger partial charge in [-0.3, -0.25) is 9.80 Å². The molecule has 0 N–H and O–H groups in total. The maximum absolute atomic E-state index is 5.80. The molecular formula is C16H25N5O2. The van der Waals surface area contributed by atoms with Crippen LogP contribution in [-0.2, 0) is 13.1 Å². The van der Waals surface area contributed by atoms with Gasteiger partial charge in [0.1, 0.15) is 5.76 Å². The molecule has 0 radical (unpaired) electrons. The lowest BCUT2D eigenvalue weighted by molar-refractivity contribution is 0.209. The fraction of sp³-hybridized carbons (Fsp3) is 0.688. The van der Waals surface area contributed by atoms with Crippen LogP contribution < -0.4 is 0 Å². The second-order valence-corrected chi connectivity index (χ2v) is 6.63. The van der Waals surface area contributed by atoms with Gasteiger partial charge in [-0.25, -0.2) is 4.98 Å². The molecule has 0 aliphatic carbocycles. The smallest absolute Gasteiger partial charge is 0.223 e. The largest absolute Gasteiger partial charge is 0.444 e. The summed E-state index contributed by atoms with van der Waals surface area (Å²) in [6.07, 6.45) is 2.98. The number of aryl methyl sites for hydroxylation is 1. The maximum atomic E-state index is 5.80. The normalized spacial score (nSPS) is 19.3. The van der Waals surface area contributed by atoms with Crippen molar-refractivity contribution in [2.75, 3.05) is 20.1 Å². The molecule has 0 saturated carbocycles. The summed E-state index contributed by atoms with van der Waals surface area (Å²) in [4.78, 5) is 13.3. The van der Waals surface area contributed by atoms with Crippen LogP contribution in [0.3, 0.4) is 0 Å². The molecule has 1 aliphatic rings. The van der Waals surface area contributed by atoms with E-state index in [0.29, 0.717) is 24.4 Å². The van der Waals surface area contributed by atoms with E-state index in [1.54, 1.807) is 0 Å². The molecule has 2 aromatic heterocycles. The Morgan fingerprint density at radius 3 is 2.91 bits per heavy atom. The molecule has 3 heterocycles. The molecule has 1 unspecified atom stereocenters. The Bertz CT molecular complexity index is 636. The van der Waals surface area contributed by atoms with E-state index in [2.05, 4.69) is 45.8 Å². The molecule has 1 fully saturated rings. The third kappa shape index (κ3) is 3.97. The first kappa shape index (κ1) is 16.1. The number of likely N-dealkylation sites (N-methyl/N-ethyl adjacent to an activating group) is 1. The van der Waals surface area contributed by atoms with Crippen molar-refractivity contribution < 1.29 is 8.94 Å². The van der Waals surface area contributed by atoms with Crippen LogP contribution in [0.5, 0.6) is 0 Å². The Hall–Kier alpha value is -1.73. The average Bonchev–Trinajstić information content (AvgIpc) is 3.21. The van der Waals surface area contributed by atoms with E-state index in [4.69, 9.17) is 8.94 Å². The van der Waals surface area contributed by atoms with Gasteiger partial charge in [0.25, 0.3) is 0 Å². The van der Waals surface area contributed by atoms with Crippen molar-refractivity contribution in [3.8, 4) is 0 Å². The quantitative estimate of drug-likeness (QED) is 0.808. The maximum Gasteiger partial charge on any atom is 0.223 e. The number of hydrogen-bond donors (Lipinski definition) is 0. The summed E-state index contributed by atoms with van der Waals surface area (Å²) in [6.45, 7) is 9.60. The summed E-state index contributed by atoms with van der Waals surface area (Å²) >= 11 is 0. The van der Waals surface area contributed by atoms with Gasteiger partial charge in [-0.15, -0.1) is 0 Å². The third-order valence-electron chi connectivity index (χ3n) is 4.33. The van der Waals surface area contributed by atoms with Crippen LogP contribution in [-0.4, -0.2) is 51.1 Å². The van der Waals surface area contributed by atoms with Gasteiger partial charge in [0, 0.05) is 32.0 Å². The van der Waals surface area contributed by atoms with Crippen LogP contribution in [0.4, 0.5) is 0 Å². The van der Waals surface area contributed by atoms with Gasteiger partial charge >= 0.3 is 0 Å². The van der Waals surface area contributed by atoms with Crippen molar-refractivity contribution in [3.63, 3.8) is 0 Å². The molecule has 2 aromatic rings. The van der Waals surface area contributed by atoms with Crippen LogP contribution in [0.15, 0.2) is 15.1 Å². The molecule has 126 valence electrons. The van der Waals surface area contributed by atoms with Crippen LogP contribution in [0.25, 0.3) is 0 Å². The zero-order chi connectivity index (χ0) is 16.4. The Morgan fingerprint density at radius 2 is 2.26 bits per heavy atom. The van der Waals surface area contributed by atoms with Crippen LogP contribution in [0, 0.1) is 6.92 Å². The SMILES string of the molecule is Cc1nc(CN(C)C2CCN(Cc3ncc(C(C)C)o3)C2)no1. The third-order valence-corrected chi connectivity index (χ3v) is 4.33. The zero-order valence-electron chi connectivity index (χ0n) is 14.3. The number of likely N-dealkylation sites (tertiary alicyclic amines) is 1. The average molecular weight is 319 g/mol. The van der Waals surface area contributed by atoms with E-state index < -0.39 is 0 Å². The van der Waals surface area contributed by atoms with E-state index in [0.717, 1.165) is 43.5 Å². The second-order valence-electron chi connectivity index (χ2n) is 6.63. The van der Waals surface area contributed by atoms with Gasteiger partial charge in [-0.05, 0) is 13.5 Å². The predicted octanol–water partition coefficient (Wildman–Crippen LogP) is 2.20. The Morgan fingerprint density at radius 1 is 1.43 bits per heavy atom. The first-order valence-electron chi connectivity index (χ1n) is 8.17. The minimum absolute atomic E-state index is 0.382. The van der Waals surface area contributed by atoms with Crippen molar-refractivity contribution in [2.24, 2.45) is 0 Å². The lowest BCUT2D eigenvalue weighted by Crippen LogP contribution is -2.34. The van der Waals surface area contributed by atoms with E-state index in [1.165, 1.54) is 0 Å². The lowest BCUT2D eigenvalue weighted by atomic mass is 10.2. The summed E-state index contributed by atoms with van der Waals surface area (Å²) in [5.41, 5.74) is 0. The summed E-state index contributed by atoms with van der Waals surface area (Å²) in [5.74, 6) is 3.52. The van der Waals surface area contributed by atoms with Gasteiger partial charge in [0.05, 0.1) is 19.3 Å². The number of oxazole rings is 1. The standard InChI is InChI=1S/C16H25N5O2/c1-11(2)14-7-17-16(22-14)10-21-6-5-13(8-21)20(4)9-15-18-12(3)23-19-15/h7,11,13H,5-6,8-10H2,1-4H3. The molecule has 23 heavy (non-hydrogen) atoms. The van der Waals surface area contributed by atoms with Crippen molar-refractivity contribution in [2.45, 2.75) is 52.2 Å². The fourth-order valence-electron chi connectivity index (χ4n) is 2.93. The monoisotopic (exact) mass is 319 g/mol. The zero-order valence-corrected chi connectivity index (χ0v) is 14.3. The Kier molecular flexibility index (Phi) is 4.77. The molecule has 0 bridgehead atoms. The van der Waals surface area contributed by atoms with Gasteiger partial charge in [0.2, 0.25) is 11.8 Å². The highest BCUT2D eigenvalue weighted by molar-refractivity contribution is 4.99. The lowest BCUT2D eigenvalue weighted by Gasteiger charge is -2.22. The molecule has 7 nitrogen and oxygen atoms in total. The van der Waals surface area contributed by atoms with Crippen LogP contribution in [0.1, 0.15) is 49.6 Å². The van der Waals surface area contributed by atoms with E-state index in [-0.39, 0.29) is 0 Å². The summed E-state index contributed by atoms with van der Waals surface area (Å²) in [6, 6.07) is 0.494. The van der Waals surface area contributed by atoms with E-state index in [1.807, 2.05) is 13.1 Å². The highest BCUT2D eigenvalue weighted by atomic mass is 16.5. The topological polar surface area (TPSA) is 71.4 Å². The van der Waals surface area contributed by atoms with E-state index in [9.17, 15) is 0 Å². The molecule has 7 heteroatoms. The first-order valence-corrected chi connectivity index (χ1v) is 8.17. The van der Waals surface area contributed by atoms with Crippen LogP contribution in [0.2, 0.25) is 0 Å². The minimum atomic E-state index is 0.382. The molecule has 3 rings (SSSR count). The number of nitrogens with zero attached hydrogens (tertiary/aromatic N) is 5. The van der Waals surface area contributed by atoms with E-state index >= 15 is 0 Å². The molecular weight excluding hydrogens is 294 g/mol. The summed E-state index contributed by atoms with van der Waals surface area (Å²) in [7, 11) is 2.11. The predicted molar refractivity (Wildman–Crippen MR) is 84.8 cm³/mol. The second kappa shape index (κ2) is 6.80. The Labute approximate surface area is 136 Å². The number of rotatable bonds is 6. The molecule has 1 aliphatic heterocycles. The molecule has 0 spiro atoms. The molecule has 0 aromatic carbocycles. The van der Waals surface area contributed by atoms with Crippen LogP contribution >= 0.6 is 0 Å². The molecule has 1 atom stereocenters. The van der Waals surface area contributed by atoms with Crippen molar-refractivity contribution >= 4 is 0 Å². The first-order chi connectivity index (χ1) is 11.0. The van der Waals surface area contributed by atoms with Crippen molar-refractivity contribution in [1.29, 1.82) is 0 Å². The highest BCUT2D eigenvalue weighted by Crippen LogP contribution is 2.20. The van der Waals surface area contributed by atoms with Crippen molar-refractivity contribution in [1.82, 2.24) is 24.9 Å². The van der Waals surface area contributed by atoms with Gasteiger partial charge in [-0.1, -0.05) is 19.0 Å². The number of aromatic nitrogens is 3. The molecule has 1 saturated heterocycles. The van der Waals surface area contributed by atoms with Gasteiger partial charge < -0.3 is 8.94 Å². The van der Waals surface area contributed by atoms with Gasteiger partial charge in [0.15, 0.2) is 5.82 Å². The summed E-state index contributed by atoms with van der Waals surface area (Å²) < 4.78 is 10.8.